The van der Waals surface area contributed by atoms with Crippen molar-refractivity contribution in [2.24, 2.45) is 0 Å². The van der Waals surface area contributed by atoms with Crippen LogP contribution in [0.15, 0.2) is 0 Å². The van der Waals surface area contributed by atoms with E-state index in [1.807, 2.05) is 0 Å². The molecule has 0 aromatic carbocycles. The summed E-state index contributed by atoms with van der Waals surface area (Å²) in [6.45, 7) is 0. The van der Waals surface area contributed by atoms with Crippen LogP contribution < -0.4 is 0 Å². The van der Waals surface area contributed by atoms with Gasteiger partial charge in [-0.15, -0.1) is 0 Å². The fraction of sp³-hybridized carbons (Fsp3) is 0.667. The third-order valence-electron chi connectivity index (χ3n) is 0.293. The Morgan fingerprint density at radius 3 is 2.57 bits per heavy atom. The highest BCUT2D eigenvalue weighted by Gasteiger charge is 1.91. The largest absolute Gasteiger partial charge is 0.279 e. The molecule has 0 spiro atoms. The molecule has 1 nitrogen and oxygen atoms in total. The zero-order valence-corrected chi connectivity index (χ0v) is 6.65. The lowest BCUT2D eigenvalue weighted by atomic mass is 11.0. The first-order valence-electron chi connectivity index (χ1n) is 1.65. The van der Waals surface area contributed by atoms with E-state index >= 15 is 0 Å². The van der Waals surface area contributed by atoms with Crippen molar-refractivity contribution < 1.29 is 4.79 Å². The number of halogens is 2. The standard InChI is InChI=1S/C3H4BrClOS/c4-1-2-7-3(5)6/h1-2H2. The molecule has 0 N–H and O–H groups in total. The highest BCUT2D eigenvalue weighted by Crippen LogP contribution is 2.06. The van der Waals surface area contributed by atoms with E-state index in [1.165, 1.54) is 0 Å². The zero-order valence-electron chi connectivity index (χ0n) is 3.49. The quantitative estimate of drug-likeness (QED) is 0.507. The van der Waals surface area contributed by atoms with Gasteiger partial charge in [-0.05, 0) is 11.6 Å². The number of rotatable bonds is 2. The summed E-state index contributed by atoms with van der Waals surface area (Å²) in [6.07, 6.45) is 0. The van der Waals surface area contributed by atoms with Crippen molar-refractivity contribution in [1.82, 2.24) is 0 Å². The minimum absolute atomic E-state index is 0.334. The smallest absolute Gasteiger partial charge is 0.268 e. The molecule has 0 aliphatic carbocycles. The third-order valence-corrected chi connectivity index (χ3v) is 2.18. The van der Waals surface area contributed by atoms with Crippen molar-refractivity contribution in [3.05, 3.63) is 0 Å². The maximum absolute atomic E-state index is 9.91. The van der Waals surface area contributed by atoms with Crippen LogP contribution in [0, 0.1) is 0 Å². The Hall–Kier alpha value is 0.790. The second-order valence-corrected chi connectivity index (χ2v) is 3.20. The summed E-state index contributed by atoms with van der Waals surface area (Å²) in [6, 6.07) is 0. The van der Waals surface area contributed by atoms with Gasteiger partial charge in [-0.3, -0.25) is 4.79 Å². The van der Waals surface area contributed by atoms with Gasteiger partial charge in [-0.1, -0.05) is 27.7 Å². The van der Waals surface area contributed by atoms with Crippen LogP contribution in [-0.2, 0) is 0 Å². The topological polar surface area (TPSA) is 17.1 Å². The summed E-state index contributed by atoms with van der Waals surface area (Å²) < 4.78 is -0.334. The average Bonchev–Trinajstić information content (AvgIpc) is 1.61. The molecule has 0 rings (SSSR count). The van der Waals surface area contributed by atoms with E-state index in [0.29, 0.717) is 0 Å². The molecule has 4 heteroatoms. The molecule has 0 saturated carbocycles. The second-order valence-electron chi connectivity index (χ2n) is 0.775. The van der Waals surface area contributed by atoms with Crippen molar-refractivity contribution >= 4 is 43.9 Å². The summed E-state index contributed by atoms with van der Waals surface area (Å²) in [5, 5.41) is 0.816. The lowest BCUT2D eigenvalue weighted by molar-refractivity contribution is 0.276. The number of alkyl halides is 1. The highest BCUT2D eigenvalue weighted by molar-refractivity contribution is 9.09. The minimum Gasteiger partial charge on any atom is -0.268 e. The van der Waals surface area contributed by atoms with Crippen LogP contribution in [0.3, 0.4) is 0 Å². The molecule has 7 heavy (non-hydrogen) atoms. The molecule has 0 aromatic rings. The number of hydrogen-bond donors (Lipinski definition) is 0. The average molecular weight is 203 g/mol. The van der Waals surface area contributed by atoms with Gasteiger partial charge in [-0.2, -0.15) is 0 Å². The number of hydrogen-bond acceptors (Lipinski definition) is 2. The Balaban J connectivity index is 2.82. The van der Waals surface area contributed by atoms with Crippen LogP contribution in [0.1, 0.15) is 0 Å². The van der Waals surface area contributed by atoms with Crippen molar-refractivity contribution in [3.63, 3.8) is 0 Å². The lowest BCUT2D eigenvalue weighted by Crippen LogP contribution is -1.79. The van der Waals surface area contributed by atoms with E-state index in [4.69, 9.17) is 11.6 Å². The molecule has 0 atom stereocenters. The van der Waals surface area contributed by atoms with Gasteiger partial charge in [0.15, 0.2) is 0 Å². The van der Waals surface area contributed by atoms with Crippen molar-refractivity contribution in [3.8, 4) is 0 Å². The van der Waals surface area contributed by atoms with E-state index in [0.717, 1.165) is 22.8 Å². The van der Waals surface area contributed by atoms with Crippen LogP contribution in [0.5, 0.6) is 0 Å². The van der Waals surface area contributed by atoms with Gasteiger partial charge in [0.25, 0.3) is 4.57 Å². The molecule has 0 aliphatic rings. The summed E-state index contributed by atoms with van der Waals surface area (Å²) in [7, 11) is 0. The van der Waals surface area contributed by atoms with Crippen molar-refractivity contribution in [2.45, 2.75) is 0 Å². The Morgan fingerprint density at radius 1 is 1.86 bits per heavy atom. The first-order chi connectivity index (χ1) is 3.27. The predicted octanol–water partition coefficient (Wildman–Crippen LogP) is 2.47. The van der Waals surface area contributed by atoms with Crippen LogP contribution in [-0.4, -0.2) is 15.7 Å². The maximum atomic E-state index is 9.91. The normalized spacial score (nSPS) is 8.86. The van der Waals surface area contributed by atoms with Crippen LogP contribution in [0.4, 0.5) is 4.79 Å². The monoisotopic (exact) mass is 202 g/mol. The molecule has 0 unspecified atom stereocenters. The molecule has 0 saturated heterocycles. The Bertz CT molecular complexity index is 68.0. The molecular weight excluding hydrogens is 199 g/mol. The summed E-state index contributed by atoms with van der Waals surface area (Å²) in [5.74, 6) is 0.752. The van der Waals surface area contributed by atoms with Gasteiger partial charge in [-0.25, -0.2) is 0 Å². The third kappa shape index (κ3) is 6.79. The van der Waals surface area contributed by atoms with Crippen LogP contribution >= 0.6 is 39.3 Å². The maximum Gasteiger partial charge on any atom is 0.279 e. The number of carbonyl (C=O) groups is 1. The molecule has 0 fully saturated rings. The summed E-state index contributed by atoms with van der Waals surface area (Å²) >= 11 is 9.22. The lowest BCUT2D eigenvalue weighted by Gasteiger charge is -1.83. The van der Waals surface area contributed by atoms with E-state index in [1.54, 1.807) is 0 Å². The van der Waals surface area contributed by atoms with Crippen LogP contribution in [0.25, 0.3) is 0 Å². The molecule has 0 aromatic heterocycles. The summed E-state index contributed by atoms with van der Waals surface area (Å²) in [4.78, 5) is 9.91. The zero-order chi connectivity index (χ0) is 5.70. The first kappa shape index (κ1) is 7.79. The number of thioether (sulfide) groups is 1. The first-order valence-corrected chi connectivity index (χ1v) is 4.14. The molecule has 0 radical (unpaired) electrons. The van der Waals surface area contributed by atoms with E-state index in [-0.39, 0.29) is 4.57 Å². The summed E-state index contributed by atoms with van der Waals surface area (Å²) in [5.41, 5.74) is 0. The predicted molar refractivity (Wildman–Crippen MR) is 37.5 cm³/mol. The van der Waals surface area contributed by atoms with Gasteiger partial charge in [0.2, 0.25) is 0 Å². The molecule has 0 aliphatic heterocycles. The van der Waals surface area contributed by atoms with Crippen molar-refractivity contribution in [2.75, 3.05) is 11.1 Å². The van der Waals surface area contributed by atoms with Gasteiger partial charge >= 0.3 is 0 Å². The van der Waals surface area contributed by atoms with E-state index in [9.17, 15) is 4.79 Å². The molecular formula is C3H4BrClOS. The molecule has 0 heterocycles. The second kappa shape index (κ2) is 4.94. The van der Waals surface area contributed by atoms with E-state index < -0.39 is 0 Å². The Labute approximate surface area is 59.9 Å². The van der Waals surface area contributed by atoms with Gasteiger partial charge in [0, 0.05) is 11.1 Å². The van der Waals surface area contributed by atoms with Gasteiger partial charge in [0.1, 0.15) is 0 Å². The minimum atomic E-state index is -0.334. The number of carbonyl (C=O) groups excluding carboxylic acids is 1. The molecule has 0 bridgehead atoms. The highest BCUT2D eigenvalue weighted by atomic mass is 79.9. The Kier molecular flexibility index (Phi) is 5.49. The SMILES string of the molecule is O=C(Cl)SCCBr. The van der Waals surface area contributed by atoms with E-state index in [2.05, 4.69) is 15.9 Å². The molecule has 42 valence electrons. The van der Waals surface area contributed by atoms with Crippen molar-refractivity contribution in [1.29, 1.82) is 0 Å². The molecule has 0 amide bonds. The fourth-order valence-electron chi connectivity index (χ4n) is 0.119. The fourth-order valence-corrected chi connectivity index (χ4v) is 1.07. The van der Waals surface area contributed by atoms with Gasteiger partial charge < -0.3 is 0 Å². The van der Waals surface area contributed by atoms with Crippen LogP contribution in [0.2, 0.25) is 0 Å². The van der Waals surface area contributed by atoms with Gasteiger partial charge in [0.05, 0.1) is 0 Å². The Morgan fingerprint density at radius 2 is 2.43 bits per heavy atom.